The standard InChI is InChI=1S/C11H11NO4/c1-8(13)10(12-15)11(14)16-7-9-5-3-2-4-6-9/h2-6,13H,7H2,1H3/b10-8+. The molecule has 0 amide bonds. The average Bonchev–Trinajstić information content (AvgIpc) is 2.28. The maximum absolute atomic E-state index is 11.3. The Morgan fingerprint density at radius 1 is 1.38 bits per heavy atom. The van der Waals surface area contributed by atoms with Crippen molar-refractivity contribution < 1.29 is 14.6 Å². The van der Waals surface area contributed by atoms with Crippen molar-refractivity contribution in [2.24, 2.45) is 5.18 Å². The Balaban J connectivity index is 2.60. The highest BCUT2D eigenvalue weighted by Gasteiger charge is 2.15. The van der Waals surface area contributed by atoms with Gasteiger partial charge in [0.15, 0.2) is 0 Å². The number of nitrogens with zero attached hydrogens (tertiary/aromatic N) is 1. The van der Waals surface area contributed by atoms with Gasteiger partial charge in [-0.1, -0.05) is 30.3 Å². The molecule has 0 aromatic heterocycles. The van der Waals surface area contributed by atoms with E-state index < -0.39 is 17.4 Å². The lowest BCUT2D eigenvalue weighted by Gasteiger charge is -2.03. The second kappa shape index (κ2) is 5.65. The molecule has 0 unspecified atom stereocenters. The van der Waals surface area contributed by atoms with Crippen molar-refractivity contribution in [3.63, 3.8) is 0 Å². The molecule has 0 bridgehead atoms. The van der Waals surface area contributed by atoms with E-state index in [1.807, 2.05) is 6.07 Å². The third-order valence-corrected chi connectivity index (χ3v) is 1.84. The van der Waals surface area contributed by atoms with Crippen LogP contribution in [0, 0.1) is 4.91 Å². The summed E-state index contributed by atoms with van der Waals surface area (Å²) in [5, 5.41) is 11.4. The molecule has 0 spiro atoms. The number of benzene rings is 1. The number of carbonyl (C=O) groups is 1. The minimum Gasteiger partial charge on any atom is -0.510 e. The van der Waals surface area contributed by atoms with Crippen LogP contribution >= 0.6 is 0 Å². The van der Waals surface area contributed by atoms with Crippen molar-refractivity contribution in [1.29, 1.82) is 0 Å². The summed E-state index contributed by atoms with van der Waals surface area (Å²) >= 11 is 0. The Bertz CT molecular complexity index is 407. The molecular weight excluding hydrogens is 210 g/mol. The molecule has 5 nitrogen and oxygen atoms in total. The van der Waals surface area contributed by atoms with E-state index in [9.17, 15) is 9.70 Å². The summed E-state index contributed by atoms with van der Waals surface area (Å²) < 4.78 is 4.79. The molecule has 0 aliphatic rings. The summed E-state index contributed by atoms with van der Waals surface area (Å²) in [6, 6.07) is 8.99. The van der Waals surface area contributed by atoms with E-state index in [2.05, 4.69) is 5.18 Å². The fourth-order valence-electron chi connectivity index (χ4n) is 1.04. The van der Waals surface area contributed by atoms with Crippen LogP contribution in [0.3, 0.4) is 0 Å². The third-order valence-electron chi connectivity index (χ3n) is 1.84. The van der Waals surface area contributed by atoms with Crippen LogP contribution in [-0.2, 0) is 16.1 Å². The molecule has 0 aliphatic heterocycles. The molecule has 5 heteroatoms. The van der Waals surface area contributed by atoms with Gasteiger partial charge in [0.05, 0.1) is 0 Å². The van der Waals surface area contributed by atoms with E-state index in [-0.39, 0.29) is 6.61 Å². The lowest BCUT2D eigenvalue weighted by Crippen LogP contribution is -2.08. The molecule has 1 rings (SSSR count). The van der Waals surface area contributed by atoms with E-state index in [4.69, 9.17) is 9.84 Å². The molecule has 0 saturated carbocycles. The van der Waals surface area contributed by atoms with E-state index in [1.165, 1.54) is 6.92 Å². The zero-order valence-corrected chi connectivity index (χ0v) is 8.71. The Kier molecular flexibility index (Phi) is 4.20. The first-order chi connectivity index (χ1) is 7.65. The zero-order valence-electron chi connectivity index (χ0n) is 8.71. The molecule has 1 aromatic carbocycles. The van der Waals surface area contributed by atoms with E-state index >= 15 is 0 Å². The number of aliphatic hydroxyl groups is 1. The topological polar surface area (TPSA) is 76.0 Å². The van der Waals surface area contributed by atoms with Gasteiger partial charge in [0.25, 0.3) is 0 Å². The first-order valence-corrected chi connectivity index (χ1v) is 4.59. The molecule has 1 aromatic rings. The van der Waals surface area contributed by atoms with Crippen molar-refractivity contribution in [2.75, 3.05) is 0 Å². The molecule has 0 radical (unpaired) electrons. The molecule has 0 aliphatic carbocycles. The lowest BCUT2D eigenvalue weighted by atomic mass is 10.2. The van der Waals surface area contributed by atoms with Crippen molar-refractivity contribution in [3.8, 4) is 0 Å². The number of esters is 1. The number of hydrogen-bond donors (Lipinski definition) is 1. The van der Waals surface area contributed by atoms with E-state index in [0.29, 0.717) is 0 Å². The van der Waals surface area contributed by atoms with Gasteiger partial charge in [0.2, 0.25) is 5.70 Å². The van der Waals surface area contributed by atoms with Gasteiger partial charge in [-0.25, -0.2) is 4.79 Å². The minimum absolute atomic E-state index is 0.0337. The number of aliphatic hydroxyl groups excluding tert-OH is 1. The predicted molar refractivity (Wildman–Crippen MR) is 57.4 cm³/mol. The summed E-state index contributed by atoms with van der Waals surface area (Å²) in [5.41, 5.74) is 0.188. The highest BCUT2D eigenvalue weighted by molar-refractivity contribution is 5.88. The lowest BCUT2D eigenvalue weighted by molar-refractivity contribution is -0.140. The Morgan fingerprint density at radius 3 is 2.50 bits per heavy atom. The maximum Gasteiger partial charge on any atom is 0.364 e. The SMILES string of the molecule is C/C(O)=C(\N=O)C(=O)OCc1ccccc1. The number of carbonyl (C=O) groups excluding carboxylic acids is 1. The van der Waals surface area contributed by atoms with Crippen LogP contribution in [0.15, 0.2) is 47.0 Å². The monoisotopic (exact) mass is 221 g/mol. The second-order valence-corrected chi connectivity index (χ2v) is 3.09. The highest BCUT2D eigenvalue weighted by Crippen LogP contribution is 2.08. The van der Waals surface area contributed by atoms with Gasteiger partial charge in [-0.15, -0.1) is 4.91 Å². The van der Waals surface area contributed by atoms with Crippen molar-refractivity contribution in [2.45, 2.75) is 13.5 Å². The van der Waals surface area contributed by atoms with E-state index in [1.54, 1.807) is 24.3 Å². The molecule has 0 fully saturated rings. The van der Waals surface area contributed by atoms with Gasteiger partial charge in [0.1, 0.15) is 12.4 Å². The summed E-state index contributed by atoms with van der Waals surface area (Å²) in [5.74, 6) is -1.38. The number of allylic oxidation sites excluding steroid dienone is 1. The van der Waals surface area contributed by atoms with Crippen LogP contribution in [0.4, 0.5) is 0 Å². The Hall–Kier alpha value is -2.17. The third kappa shape index (κ3) is 3.20. The molecular formula is C11H11NO4. The molecule has 0 heterocycles. The minimum atomic E-state index is -0.932. The first-order valence-electron chi connectivity index (χ1n) is 4.59. The van der Waals surface area contributed by atoms with Crippen LogP contribution in [0.25, 0.3) is 0 Å². The molecule has 84 valence electrons. The van der Waals surface area contributed by atoms with Gasteiger partial charge in [0, 0.05) is 0 Å². The summed E-state index contributed by atoms with van der Waals surface area (Å²) in [4.78, 5) is 21.5. The van der Waals surface area contributed by atoms with Gasteiger partial charge in [-0.2, -0.15) is 0 Å². The van der Waals surface area contributed by atoms with E-state index in [0.717, 1.165) is 5.56 Å². The average molecular weight is 221 g/mol. The van der Waals surface area contributed by atoms with Gasteiger partial charge < -0.3 is 9.84 Å². The summed E-state index contributed by atoms with van der Waals surface area (Å²) in [7, 11) is 0. The predicted octanol–water partition coefficient (Wildman–Crippen LogP) is 2.29. The van der Waals surface area contributed by atoms with Gasteiger partial charge in [-0.3, -0.25) is 0 Å². The Labute approximate surface area is 92.3 Å². The maximum atomic E-state index is 11.3. The van der Waals surface area contributed by atoms with Crippen LogP contribution in [0.1, 0.15) is 12.5 Å². The molecule has 1 N–H and O–H groups in total. The number of ether oxygens (including phenoxy) is 1. The van der Waals surface area contributed by atoms with Crippen LogP contribution in [0.5, 0.6) is 0 Å². The van der Waals surface area contributed by atoms with Gasteiger partial charge in [-0.05, 0) is 17.7 Å². The van der Waals surface area contributed by atoms with Crippen LogP contribution in [0.2, 0.25) is 0 Å². The van der Waals surface area contributed by atoms with Crippen LogP contribution in [-0.4, -0.2) is 11.1 Å². The normalized spacial score (nSPS) is 11.6. The van der Waals surface area contributed by atoms with Crippen molar-refractivity contribution >= 4 is 5.97 Å². The number of rotatable bonds is 4. The first kappa shape index (κ1) is 11.9. The van der Waals surface area contributed by atoms with Gasteiger partial charge >= 0.3 is 5.97 Å². The fraction of sp³-hybridized carbons (Fsp3) is 0.182. The number of hydrogen-bond acceptors (Lipinski definition) is 5. The highest BCUT2D eigenvalue weighted by atomic mass is 16.5. The van der Waals surface area contributed by atoms with Crippen molar-refractivity contribution in [1.82, 2.24) is 0 Å². The summed E-state index contributed by atoms with van der Waals surface area (Å²) in [6.45, 7) is 1.23. The zero-order chi connectivity index (χ0) is 12.0. The molecule has 0 atom stereocenters. The smallest absolute Gasteiger partial charge is 0.364 e. The molecule has 0 saturated heterocycles. The fourth-order valence-corrected chi connectivity index (χ4v) is 1.04. The second-order valence-electron chi connectivity index (χ2n) is 3.09. The quantitative estimate of drug-likeness (QED) is 0.366. The summed E-state index contributed by atoms with van der Waals surface area (Å²) in [6.07, 6.45) is 0. The largest absolute Gasteiger partial charge is 0.510 e. The van der Waals surface area contributed by atoms with Crippen LogP contribution < -0.4 is 0 Å². The molecule has 16 heavy (non-hydrogen) atoms. The van der Waals surface area contributed by atoms with Crippen molar-refractivity contribution in [3.05, 3.63) is 52.3 Å². The number of nitroso groups, excluding NO2 is 1. The Morgan fingerprint density at radius 2 is 2.00 bits per heavy atom.